The third-order valence-electron chi connectivity index (χ3n) is 8.72. The molecule has 3 aromatic rings. The van der Waals surface area contributed by atoms with Gasteiger partial charge in [0.25, 0.3) is 0 Å². The second-order valence-corrected chi connectivity index (χ2v) is 12.1. The van der Waals surface area contributed by atoms with Crippen LogP contribution in [0, 0.1) is 5.92 Å². The summed E-state index contributed by atoms with van der Waals surface area (Å²) < 4.78 is 5.51. The maximum absolute atomic E-state index is 12.9. The molecule has 0 aliphatic carbocycles. The second kappa shape index (κ2) is 15.1. The Kier molecular flexibility index (Phi) is 11.3. The fraction of sp³-hybridized carbons (Fsp3) is 0.459. The van der Waals surface area contributed by atoms with E-state index in [0.717, 1.165) is 50.9 Å². The van der Waals surface area contributed by atoms with Gasteiger partial charge in [-0.3, -0.25) is 9.59 Å². The molecule has 41 heavy (non-hydrogen) atoms. The van der Waals surface area contributed by atoms with Crippen molar-refractivity contribution in [3.05, 3.63) is 107 Å². The molecule has 0 spiro atoms. The van der Waals surface area contributed by atoms with Crippen LogP contribution in [0.2, 0.25) is 0 Å². The highest BCUT2D eigenvalue weighted by Gasteiger charge is 2.32. The zero-order chi connectivity index (χ0) is 29.1. The molecule has 1 heterocycles. The molecular formula is C37H47NO3. The van der Waals surface area contributed by atoms with Crippen LogP contribution in [0.4, 0.5) is 0 Å². The highest BCUT2D eigenvalue weighted by molar-refractivity contribution is 5.96. The summed E-state index contributed by atoms with van der Waals surface area (Å²) in [6.07, 6.45) is 6.79. The summed E-state index contributed by atoms with van der Waals surface area (Å²) in [5, 5.41) is 0. The molecule has 0 unspecified atom stereocenters. The van der Waals surface area contributed by atoms with Gasteiger partial charge in [0.2, 0.25) is 0 Å². The SMILES string of the molecule is CCCCCOC(=O)C(C)(C)c1ccc(C(=O)CCCN2CCC(C(c3ccccc3)c3ccccc3)CC2)cc1. The Morgan fingerprint density at radius 2 is 1.41 bits per heavy atom. The Morgan fingerprint density at radius 1 is 0.829 bits per heavy atom. The molecule has 218 valence electrons. The third-order valence-corrected chi connectivity index (χ3v) is 8.72. The number of Topliss-reactive ketones (excluding diaryl/α,β-unsaturated/α-hetero) is 1. The van der Waals surface area contributed by atoms with Crippen LogP contribution in [0.5, 0.6) is 0 Å². The van der Waals surface area contributed by atoms with E-state index in [1.165, 1.54) is 24.0 Å². The summed E-state index contributed by atoms with van der Waals surface area (Å²) in [5.74, 6) is 1.00. The summed E-state index contributed by atoms with van der Waals surface area (Å²) in [6.45, 7) is 9.47. The number of piperidine rings is 1. The number of hydrogen-bond donors (Lipinski definition) is 0. The van der Waals surface area contributed by atoms with Crippen molar-refractivity contribution in [1.29, 1.82) is 0 Å². The van der Waals surface area contributed by atoms with Gasteiger partial charge in [-0.05, 0) is 81.8 Å². The van der Waals surface area contributed by atoms with Crippen molar-refractivity contribution in [2.45, 2.75) is 77.0 Å². The van der Waals surface area contributed by atoms with Crippen LogP contribution in [0.15, 0.2) is 84.9 Å². The minimum atomic E-state index is -0.736. The first kappa shape index (κ1) is 30.7. The van der Waals surface area contributed by atoms with Crippen LogP contribution < -0.4 is 0 Å². The van der Waals surface area contributed by atoms with Crippen LogP contribution in [-0.4, -0.2) is 42.9 Å². The molecule has 0 bridgehead atoms. The number of rotatable bonds is 14. The molecule has 4 heteroatoms. The summed E-state index contributed by atoms with van der Waals surface area (Å²) in [5.41, 5.74) is 3.66. The first-order valence-corrected chi connectivity index (χ1v) is 15.5. The first-order chi connectivity index (χ1) is 19.9. The number of ether oxygens (including phenoxy) is 1. The van der Waals surface area contributed by atoms with E-state index in [0.29, 0.717) is 30.4 Å². The highest BCUT2D eigenvalue weighted by atomic mass is 16.5. The van der Waals surface area contributed by atoms with Crippen LogP contribution >= 0.6 is 0 Å². The smallest absolute Gasteiger partial charge is 0.315 e. The molecule has 1 aliphatic rings. The summed E-state index contributed by atoms with van der Waals surface area (Å²) in [6, 6.07) is 29.4. The summed E-state index contributed by atoms with van der Waals surface area (Å²) >= 11 is 0. The van der Waals surface area contributed by atoms with Crippen LogP contribution in [0.3, 0.4) is 0 Å². The van der Waals surface area contributed by atoms with Crippen molar-refractivity contribution in [3.63, 3.8) is 0 Å². The third kappa shape index (κ3) is 8.39. The van der Waals surface area contributed by atoms with E-state index >= 15 is 0 Å². The second-order valence-electron chi connectivity index (χ2n) is 12.1. The molecule has 0 saturated carbocycles. The largest absolute Gasteiger partial charge is 0.465 e. The maximum Gasteiger partial charge on any atom is 0.315 e. The van der Waals surface area contributed by atoms with Crippen LogP contribution in [0.25, 0.3) is 0 Å². The van der Waals surface area contributed by atoms with Gasteiger partial charge >= 0.3 is 5.97 Å². The zero-order valence-corrected chi connectivity index (χ0v) is 25.2. The van der Waals surface area contributed by atoms with Gasteiger partial charge in [-0.2, -0.15) is 0 Å². The van der Waals surface area contributed by atoms with E-state index in [2.05, 4.69) is 72.5 Å². The molecule has 4 nitrogen and oxygen atoms in total. The Labute approximate surface area is 247 Å². The Balaban J connectivity index is 1.24. The molecule has 3 aromatic carbocycles. The normalized spacial score (nSPS) is 14.7. The molecule has 0 amide bonds. The predicted octanol–water partition coefficient (Wildman–Crippen LogP) is 8.20. The van der Waals surface area contributed by atoms with E-state index in [9.17, 15) is 9.59 Å². The number of carbonyl (C=O) groups excluding carboxylic acids is 2. The molecule has 0 N–H and O–H groups in total. The average molecular weight is 554 g/mol. The highest BCUT2D eigenvalue weighted by Crippen LogP contribution is 2.38. The topological polar surface area (TPSA) is 46.6 Å². The van der Waals surface area contributed by atoms with Gasteiger partial charge < -0.3 is 9.64 Å². The number of likely N-dealkylation sites (tertiary alicyclic amines) is 1. The lowest BCUT2D eigenvalue weighted by Gasteiger charge is -2.36. The molecule has 0 radical (unpaired) electrons. The fourth-order valence-corrected chi connectivity index (χ4v) is 6.06. The number of esters is 1. The van der Waals surface area contributed by atoms with Gasteiger partial charge in [0, 0.05) is 17.9 Å². The zero-order valence-electron chi connectivity index (χ0n) is 25.2. The molecule has 0 atom stereocenters. The minimum Gasteiger partial charge on any atom is -0.465 e. The van der Waals surface area contributed by atoms with E-state index < -0.39 is 5.41 Å². The van der Waals surface area contributed by atoms with Crippen LogP contribution in [0.1, 0.15) is 98.7 Å². The van der Waals surface area contributed by atoms with Gasteiger partial charge in [0.15, 0.2) is 5.78 Å². The fourth-order valence-electron chi connectivity index (χ4n) is 6.06. The van der Waals surface area contributed by atoms with E-state index in [4.69, 9.17) is 4.74 Å². The van der Waals surface area contributed by atoms with Crippen molar-refractivity contribution in [1.82, 2.24) is 4.90 Å². The molecular weight excluding hydrogens is 506 g/mol. The van der Waals surface area contributed by atoms with Crippen molar-refractivity contribution >= 4 is 11.8 Å². The first-order valence-electron chi connectivity index (χ1n) is 15.5. The Morgan fingerprint density at radius 3 is 1.98 bits per heavy atom. The van der Waals surface area contributed by atoms with E-state index in [1.807, 2.05) is 38.1 Å². The predicted molar refractivity (Wildman–Crippen MR) is 167 cm³/mol. The summed E-state index contributed by atoms with van der Waals surface area (Å²) in [7, 11) is 0. The van der Waals surface area contributed by atoms with Gasteiger partial charge in [0.1, 0.15) is 0 Å². The molecule has 1 saturated heterocycles. The van der Waals surface area contributed by atoms with Crippen LogP contribution in [-0.2, 0) is 14.9 Å². The number of nitrogens with zero attached hydrogens (tertiary/aromatic N) is 1. The number of benzene rings is 3. The molecule has 1 aliphatic heterocycles. The molecule has 4 rings (SSSR count). The molecule has 0 aromatic heterocycles. The van der Waals surface area contributed by atoms with Gasteiger partial charge in [-0.1, -0.05) is 105 Å². The number of carbonyl (C=O) groups is 2. The number of unbranched alkanes of at least 4 members (excludes halogenated alkanes) is 2. The van der Waals surface area contributed by atoms with E-state index in [1.54, 1.807) is 0 Å². The van der Waals surface area contributed by atoms with Crippen molar-refractivity contribution in [2.75, 3.05) is 26.2 Å². The Hall–Kier alpha value is -3.24. The molecule has 1 fully saturated rings. The number of hydrogen-bond acceptors (Lipinski definition) is 4. The quantitative estimate of drug-likeness (QED) is 0.115. The monoisotopic (exact) mass is 553 g/mol. The van der Waals surface area contributed by atoms with E-state index in [-0.39, 0.29) is 11.8 Å². The lowest BCUT2D eigenvalue weighted by atomic mass is 9.76. The van der Waals surface area contributed by atoms with Gasteiger partial charge in [-0.15, -0.1) is 0 Å². The summed E-state index contributed by atoms with van der Waals surface area (Å²) in [4.78, 5) is 28.1. The van der Waals surface area contributed by atoms with Gasteiger partial charge in [-0.25, -0.2) is 0 Å². The number of ketones is 1. The van der Waals surface area contributed by atoms with Gasteiger partial charge in [0.05, 0.1) is 12.0 Å². The maximum atomic E-state index is 12.9. The minimum absolute atomic E-state index is 0.166. The lowest BCUT2D eigenvalue weighted by molar-refractivity contribution is -0.149. The van der Waals surface area contributed by atoms with Crippen molar-refractivity contribution < 1.29 is 14.3 Å². The van der Waals surface area contributed by atoms with Crippen molar-refractivity contribution in [3.8, 4) is 0 Å². The Bertz CT molecular complexity index is 1170. The van der Waals surface area contributed by atoms with Crippen molar-refractivity contribution in [2.24, 2.45) is 5.92 Å². The standard InChI is InChI=1S/C37H47NO3/c1-4-5-12-28-41-36(40)37(2,3)33-21-19-29(20-22-33)34(39)18-13-25-38-26-23-32(24-27-38)35(30-14-8-6-9-15-30)31-16-10-7-11-17-31/h6-11,14-17,19-22,32,35H,4-5,12-13,18,23-28H2,1-3H3. The average Bonchev–Trinajstić information content (AvgIpc) is 3.01. The lowest BCUT2D eigenvalue weighted by Crippen LogP contribution is -2.36.